The second-order valence-electron chi connectivity index (χ2n) is 2.70. The molecule has 0 bridgehead atoms. The van der Waals surface area contributed by atoms with Crippen LogP contribution in [0.5, 0.6) is 0 Å². The molecule has 0 spiro atoms. The van der Waals surface area contributed by atoms with Crippen molar-refractivity contribution in [3.63, 3.8) is 0 Å². The van der Waals surface area contributed by atoms with E-state index in [9.17, 15) is 9.18 Å². The first-order chi connectivity index (χ1) is 4.57. The Morgan fingerprint density at radius 2 is 2.50 bits per heavy atom. The van der Waals surface area contributed by atoms with Crippen molar-refractivity contribution in [1.82, 2.24) is 5.32 Å². The number of alkyl halides is 1. The molecule has 1 heterocycles. The Bertz CT molecular complexity index is 162. The van der Waals surface area contributed by atoms with Gasteiger partial charge in [-0.05, 0) is 0 Å². The van der Waals surface area contributed by atoms with Crippen molar-refractivity contribution in [3.8, 4) is 0 Å². The summed E-state index contributed by atoms with van der Waals surface area (Å²) in [6.07, 6.45) is 0. The Morgan fingerprint density at radius 1 is 1.90 bits per heavy atom. The highest BCUT2D eigenvalue weighted by atomic mass is 19.1. The molecule has 0 aliphatic carbocycles. The minimum Gasteiger partial charge on any atom is -0.479 e. The average molecular weight is 147 g/mol. The molecule has 10 heavy (non-hydrogen) atoms. The maximum Gasteiger partial charge on any atom is 0.343 e. The Labute approximate surface area is 58.2 Å². The molecule has 0 amide bonds. The van der Waals surface area contributed by atoms with Gasteiger partial charge in [0.15, 0.2) is 0 Å². The lowest BCUT2D eigenvalue weighted by atomic mass is 9.95. The summed E-state index contributed by atoms with van der Waals surface area (Å²) in [7, 11) is 0. The molecule has 1 aliphatic heterocycles. The van der Waals surface area contributed by atoms with E-state index in [2.05, 4.69) is 5.32 Å². The van der Waals surface area contributed by atoms with E-state index in [4.69, 9.17) is 5.11 Å². The number of carboxylic acids is 1. The summed E-state index contributed by atoms with van der Waals surface area (Å²) in [6, 6.07) is 0. The van der Waals surface area contributed by atoms with Gasteiger partial charge in [0.2, 0.25) is 5.67 Å². The Kier molecular flexibility index (Phi) is 1.64. The van der Waals surface area contributed by atoms with Gasteiger partial charge in [0.25, 0.3) is 0 Å². The zero-order valence-corrected chi connectivity index (χ0v) is 5.72. The van der Waals surface area contributed by atoms with Crippen LogP contribution >= 0.6 is 0 Å². The normalized spacial score (nSPS) is 40.0. The van der Waals surface area contributed by atoms with Crippen LogP contribution in [0, 0.1) is 5.92 Å². The van der Waals surface area contributed by atoms with Crippen LogP contribution in [-0.2, 0) is 4.79 Å². The van der Waals surface area contributed by atoms with Crippen molar-refractivity contribution in [2.75, 3.05) is 13.1 Å². The van der Waals surface area contributed by atoms with E-state index in [0.29, 0.717) is 6.54 Å². The fourth-order valence-corrected chi connectivity index (χ4v) is 1.09. The van der Waals surface area contributed by atoms with Gasteiger partial charge in [-0.25, -0.2) is 9.18 Å². The average Bonchev–Trinajstić information content (AvgIpc) is 2.15. The van der Waals surface area contributed by atoms with E-state index in [1.54, 1.807) is 6.92 Å². The maximum atomic E-state index is 13.2. The molecular formula is C6H10FNO2. The van der Waals surface area contributed by atoms with Gasteiger partial charge in [-0.1, -0.05) is 6.92 Å². The Hall–Kier alpha value is -0.640. The number of aliphatic carboxylic acids is 1. The van der Waals surface area contributed by atoms with Gasteiger partial charge < -0.3 is 10.4 Å². The van der Waals surface area contributed by atoms with E-state index >= 15 is 0 Å². The van der Waals surface area contributed by atoms with Gasteiger partial charge in [-0.2, -0.15) is 0 Å². The molecule has 0 aromatic carbocycles. The summed E-state index contributed by atoms with van der Waals surface area (Å²) < 4.78 is 13.2. The zero-order chi connectivity index (χ0) is 7.78. The lowest BCUT2D eigenvalue weighted by Crippen LogP contribution is -2.40. The van der Waals surface area contributed by atoms with Crippen molar-refractivity contribution in [3.05, 3.63) is 0 Å². The smallest absolute Gasteiger partial charge is 0.343 e. The topological polar surface area (TPSA) is 49.3 Å². The second-order valence-corrected chi connectivity index (χ2v) is 2.70. The highest BCUT2D eigenvalue weighted by Crippen LogP contribution is 2.25. The fraction of sp³-hybridized carbons (Fsp3) is 0.833. The first-order valence-corrected chi connectivity index (χ1v) is 3.20. The summed E-state index contributed by atoms with van der Waals surface area (Å²) in [5, 5.41) is 11.1. The highest BCUT2D eigenvalue weighted by molar-refractivity contribution is 5.78. The standard InChI is InChI=1S/C6H10FNO2/c1-4-2-8-3-6(4,7)5(9)10/h4,8H,2-3H2,1H3,(H,9,10)/t4-,6+/m1/s1. The van der Waals surface area contributed by atoms with Crippen LogP contribution in [0.4, 0.5) is 4.39 Å². The molecule has 2 N–H and O–H groups in total. The van der Waals surface area contributed by atoms with Crippen LogP contribution in [0.2, 0.25) is 0 Å². The molecule has 1 aliphatic rings. The Balaban J connectivity index is 2.75. The molecule has 3 nitrogen and oxygen atoms in total. The first-order valence-electron chi connectivity index (χ1n) is 3.20. The Morgan fingerprint density at radius 3 is 2.70 bits per heavy atom. The molecule has 58 valence electrons. The predicted octanol–water partition coefficient (Wildman–Crippen LogP) is 0.0186. The van der Waals surface area contributed by atoms with Gasteiger partial charge in [-0.15, -0.1) is 0 Å². The molecule has 4 heteroatoms. The third-order valence-corrected chi connectivity index (χ3v) is 1.97. The number of carboxylic acid groups (broad SMARTS) is 1. The molecule has 1 fully saturated rings. The number of hydrogen-bond donors (Lipinski definition) is 2. The molecule has 1 saturated heterocycles. The van der Waals surface area contributed by atoms with Crippen LogP contribution in [0.1, 0.15) is 6.92 Å². The minimum atomic E-state index is -2.04. The summed E-state index contributed by atoms with van der Waals surface area (Å²) in [5.41, 5.74) is -2.04. The molecule has 2 atom stereocenters. The van der Waals surface area contributed by atoms with Gasteiger partial charge >= 0.3 is 5.97 Å². The number of nitrogens with one attached hydrogen (secondary N) is 1. The molecule has 0 saturated carbocycles. The van der Waals surface area contributed by atoms with Crippen molar-refractivity contribution in [1.29, 1.82) is 0 Å². The molecule has 0 unspecified atom stereocenters. The number of halogens is 1. The van der Waals surface area contributed by atoms with Crippen LogP contribution in [0.25, 0.3) is 0 Å². The van der Waals surface area contributed by atoms with Crippen LogP contribution in [0.3, 0.4) is 0 Å². The highest BCUT2D eigenvalue weighted by Gasteiger charge is 2.47. The first kappa shape index (κ1) is 7.47. The van der Waals surface area contributed by atoms with E-state index in [1.807, 2.05) is 0 Å². The second kappa shape index (κ2) is 2.20. The van der Waals surface area contributed by atoms with Crippen molar-refractivity contribution in [2.45, 2.75) is 12.6 Å². The van der Waals surface area contributed by atoms with Crippen LogP contribution in [-0.4, -0.2) is 29.8 Å². The molecule has 0 aromatic rings. The predicted molar refractivity (Wildman–Crippen MR) is 33.5 cm³/mol. The summed E-state index contributed by atoms with van der Waals surface area (Å²) in [5.74, 6) is -1.78. The molecular weight excluding hydrogens is 137 g/mol. The number of carbonyl (C=O) groups is 1. The SMILES string of the molecule is C[C@@H]1CNC[C@@]1(F)C(=O)O. The van der Waals surface area contributed by atoms with Crippen LogP contribution < -0.4 is 5.32 Å². The lowest BCUT2D eigenvalue weighted by Gasteiger charge is -2.16. The van der Waals surface area contributed by atoms with E-state index < -0.39 is 17.6 Å². The third kappa shape index (κ3) is 0.883. The summed E-state index contributed by atoms with van der Waals surface area (Å²) in [4.78, 5) is 10.3. The fourth-order valence-electron chi connectivity index (χ4n) is 1.09. The molecule has 0 aromatic heterocycles. The van der Waals surface area contributed by atoms with E-state index in [1.165, 1.54) is 0 Å². The summed E-state index contributed by atoms with van der Waals surface area (Å²) >= 11 is 0. The quantitative estimate of drug-likeness (QED) is 0.549. The third-order valence-electron chi connectivity index (χ3n) is 1.97. The van der Waals surface area contributed by atoms with E-state index in [-0.39, 0.29) is 6.54 Å². The van der Waals surface area contributed by atoms with Crippen molar-refractivity contribution in [2.24, 2.45) is 5.92 Å². The lowest BCUT2D eigenvalue weighted by molar-refractivity contribution is -0.151. The van der Waals surface area contributed by atoms with Gasteiger partial charge in [0, 0.05) is 19.0 Å². The maximum absolute atomic E-state index is 13.2. The van der Waals surface area contributed by atoms with Crippen LogP contribution in [0.15, 0.2) is 0 Å². The monoisotopic (exact) mass is 147 g/mol. The minimum absolute atomic E-state index is 0.0660. The molecule has 1 rings (SSSR count). The van der Waals surface area contributed by atoms with E-state index in [0.717, 1.165) is 0 Å². The summed E-state index contributed by atoms with van der Waals surface area (Å²) in [6.45, 7) is 1.97. The van der Waals surface area contributed by atoms with Crippen molar-refractivity contribution < 1.29 is 14.3 Å². The van der Waals surface area contributed by atoms with Gasteiger partial charge in [-0.3, -0.25) is 0 Å². The molecule has 0 radical (unpaired) electrons. The number of hydrogen-bond acceptors (Lipinski definition) is 2. The van der Waals surface area contributed by atoms with Crippen molar-refractivity contribution >= 4 is 5.97 Å². The van der Waals surface area contributed by atoms with Gasteiger partial charge in [0.1, 0.15) is 0 Å². The van der Waals surface area contributed by atoms with Gasteiger partial charge in [0.05, 0.1) is 0 Å². The number of rotatable bonds is 1. The largest absolute Gasteiger partial charge is 0.479 e. The zero-order valence-electron chi connectivity index (χ0n) is 5.72.